The molecule has 1 fully saturated rings. The molecule has 0 bridgehead atoms. The van der Waals surface area contributed by atoms with Crippen LogP contribution in [0.25, 0.3) is 16.9 Å². The summed E-state index contributed by atoms with van der Waals surface area (Å²) in [5.74, 6) is 0.920. The Bertz CT molecular complexity index is 1280. The van der Waals surface area contributed by atoms with Crippen molar-refractivity contribution in [1.82, 2.24) is 20.0 Å². The van der Waals surface area contributed by atoms with Gasteiger partial charge in [-0.05, 0) is 74.5 Å². The summed E-state index contributed by atoms with van der Waals surface area (Å²) in [5, 5.41) is 7.77. The van der Waals surface area contributed by atoms with E-state index in [0.29, 0.717) is 29.2 Å². The molecule has 7 nitrogen and oxygen atoms in total. The highest BCUT2D eigenvalue weighted by molar-refractivity contribution is 6.00. The van der Waals surface area contributed by atoms with Crippen molar-refractivity contribution in [3.05, 3.63) is 90.3 Å². The quantitative estimate of drug-likeness (QED) is 0.395. The van der Waals surface area contributed by atoms with Gasteiger partial charge < -0.3 is 14.5 Å². The summed E-state index contributed by atoms with van der Waals surface area (Å²) in [6.07, 6.45) is 5.61. The van der Waals surface area contributed by atoms with E-state index in [1.165, 1.54) is 12.1 Å². The highest BCUT2D eigenvalue weighted by Gasteiger charge is 2.27. The molecular weight excluding hydrogens is 447 g/mol. The Kier molecular flexibility index (Phi) is 6.63. The summed E-state index contributed by atoms with van der Waals surface area (Å²) in [4.78, 5) is 15.8. The fraction of sp³-hybridized carbons (Fsp3) is 0.259. The van der Waals surface area contributed by atoms with Crippen molar-refractivity contribution in [3.63, 3.8) is 0 Å². The topological polar surface area (TPSA) is 72.5 Å². The minimum absolute atomic E-state index is 0.0381. The van der Waals surface area contributed by atoms with Gasteiger partial charge in [0.05, 0.1) is 30.7 Å². The molecule has 1 atom stereocenters. The molecule has 5 rings (SSSR count). The summed E-state index contributed by atoms with van der Waals surface area (Å²) in [7, 11) is 1.59. The number of halogens is 1. The second-order valence-corrected chi connectivity index (χ2v) is 8.53. The SMILES string of the molecule is COc1cccc(-c2nn(-c3ccc(F)cc3)cc2C(=O)NC[C@H](c2ccco2)N2CCCC2)c1. The van der Waals surface area contributed by atoms with Crippen LogP contribution >= 0.6 is 0 Å². The van der Waals surface area contributed by atoms with Gasteiger partial charge in [0, 0.05) is 18.3 Å². The van der Waals surface area contributed by atoms with Crippen molar-refractivity contribution in [2.45, 2.75) is 18.9 Å². The Balaban J connectivity index is 1.45. The first-order chi connectivity index (χ1) is 17.1. The Morgan fingerprint density at radius 2 is 1.94 bits per heavy atom. The van der Waals surface area contributed by atoms with Crippen LogP contribution in [0.5, 0.6) is 5.75 Å². The summed E-state index contributed by atoms with van der Waals surface area (Å²) in [6.45, 7) is 2.35. The van der Waals surface area contributed by atoms with Gasteiger partial charge in [-0.3, -0.25) is 9.69 Å². The minimum Gasteiger partial charge on any atom is -0.497 e. The van der Waals surface area contributed by atoms with E-state index in [0.717, 1.165) is 37.3 Å². The average molecular weight is 475 g/mol. The average Bonchev–Trinajstić information content (AvgIpc) is 3.67. The van der Waals surface area contributed by atoms with E-state index < -0.39 is 0 Å². The van der Waals surface area contributed by atoms with Crippen LogP contribution in [0.4, 0.5) is 4.39 Å². The van der Waals surface area contributed by atoms with Crippen molar-refractivity contribution in [2.75, 3.05) is 26.7 Å². The monoisotopic (exact) mass is 474 g/mol. The number of methoxy groups -OCH3 is 1. The zero-order valence-electron chi connectivity index (χ0n) is 19.5. The third kappa shape index (κ3) is 4.97. The van der Waals surface area contributed by atoms with Crippen LogP contribution in [0.2, 0.25) is 0 Å². The maximum Gasteiger partial charge on any atom is 0.255 e. The second-order valence-electron chi connectivity index (χ2n) is 8.53. The number of rotatable bonds is 8. The molecule has 1 aliphatic rings. The standard InChI is InChI=1S/C27H27FN4O3/c1-34-22-7-4-6-19(16-22)26-23(18-32(30-26)21-11-9-20(28)10-12-21)27(33)29-17-24(25-8-5-15-35-25)31-13-2-3-14-31/h4-12,15-16,18,24H,2-3,13-14,17H2,1H3,(H,29,33)/t24-/m1/s1. The molecule has 35 heavy (non-hydrogen) atoms. The lowest BCUT2D eigenvalue weighted by Crippen LogP contribution is -2.36. The van der Waals surface area contributed by atoms with Crippen molar-refractivity contribution >= 4 is 5.91 Å². The lowest BCUT2D eigenvalue weighted by molar-refractivity contribution is 0.0934. The zero-order chi connectivity index (χ0) is 24.2. The zero-order valence-corrected chi connectivity index (χ0v) is 19.5. The Morgan fingerprint density at radius 3 is 2.66 bits per heavy atom. The molecule has 0 unspecified atom stereocenters. The van der Waals surface area contributed by atoms with Gasteiger partial charge in [0.1, 0.15) is 23.0 Å². The number of amides is 1. The number of nitrogens with zero attached hydrogens (tertiary/aromatic N) is 3. The molecule has 8 heteroatoms. The molecule has 1 N–H and O–H groups in total. The van der Waals surface area contributed by atoms with E-state index in [9.17, 15) is 9.18 Å². The molecule has 0 radical (unpaired) electrons. The number of carbonyl (C=O) groups is 1. The van der Waals surface area contributed by atoms with Gasteiger partial charge in [0.15, 0.2) is 0 Å². The predicted octanol–water partition coefficient (Wildman–Crippen LogP) is 4.85. The maximum atomic E-state index is 13.5. The number of hydrogen-bond acceptors (Lipinski definition) is 5. The third-order valence-electron chi connectivity index (χ3n) is 6.30. The number of benzene rings is 2. The lowest BCUT2D eigenvalue weighted by Gasteiger charge is -2.26. The third-order valence-corrected chi connectivity index (χ3v) is 6.30. The van der Waals surface area contributed by atoms with E-state index in [4.69, 9.17) is 9.15 Å². The van der Waals surface area contributed by atoms with Crippen molar-refractivity contribution in [2.24, 2.45) is 0 Å². The largest absolute Gasteiger partial charge is 0.497 e. The molecule has 4 aromatic rings. The first-order valence-electron chi connectivity index (χ1n) is 11.7. The molecular formula is C27H27FN4O3. The highest BCUT2D eigenvalue weighted by atomic mass is 19.1. The Morgan fingerprint density at radius 1 is 1.14 bits per heavy atom. The van der Waals surface area contributed by atoms with E-state index in [1.54, 1.807) is 36.4 Å². The van der Waals surface area contributed by atoms with Crippen LogP contribution in [-0.4, -0.2) is 47.3 Å². The molecule has 3 heterocycles. The van der Waals surface area contributed by atoms with E-state index in [-0.39, 0.29) is 17.8 Å². The Hall–Kier alpha value is -3.91. The van der Waals surface area contributed by atoms with E-state index in [2.05, 4.69) is 15.3 Å². The van der Waals surface area contributed by atoms with Crippen LogP contribution < -0.4 is 10.1 Å². The van der Waals surface area contributed by atoms with Crippen LogP contribution in [0.15, 0.2) is 77.5 Å². The van der Waals surface area contributed by atoms with E-state index >= 15 is 0 Å². The number of ether oxygens (including phenoxy) is 1. The van der Waals surface area contributed by atoms with Crippen molar-refractivity contribution < 1.29 is 18.3 Å². The van der Waals surface area contributed by atoms with Gasteiger partial charge in [-0.1, -0.05) is 12.1 Å². The summed E-state index contributed by atoms with van der Waals surface area (Å²) in [5.41, 5.74) is 2.33. The molecule has 0 spiro atoms. The number of carbonyl (C=O) groups excluding carboxylic acids is 1. The smallest absolute Gasteiger partial charge is 0.255 e. The minimum atomic E-state index is -0.335. The van der Waals surface area contributed by atoms with Gasteiger partial charge in [-0.2, -0.15) is 5.10 Å². The van der Waals surface area contributed by atoms with Gasteiger partial charge in [0.25, 0.3) is 5.91 Å². The van der Waals surface area contributed by atoms with Crippen LogP contribution in [0.1, 0.15) is 35.0 Å². The number of furan rings is 1. The lowest BCUT2D eigenvalue weighted by atomic mass is 10.1. The maximum absolute atomic E-state index is 13.5. The summed E-state index contributed by atoms with van der Waals surface area (Å²) >= 11 is 0. The first-order valence-corrected chi connectivity index (χ1v) is 11.7. The molecule has 0 aliphatic carbocycles. The van der Waals surface area contributed by atoms with Gasteiger partial charge in [-0.15, -0.1) is 0 Å². The van der Waals surface area contributed by atoms with Gasteiger partial charge >= 0.3 is 0 Å². The summed E-state index contributed by atoms with van der Waals surface area (Å²) in [6, 6.07) is 17.2. The van der Waals surface area contributed by atoms with Crippen LogP contribution in [-0.2, 0) is 0 Å². The molecule has 0 saturated carbocycles. The first kappa shape index (κ1) is 22.9. The van der Waals surface area contributed by atoms with E-state index in [1.807, 2.05) is 36.4 Å². The predicted molar refractivity (Wildman–Crippen MR) is 130 cm³/mol. The fourth-order valence-corrected chi connectivity index (χ4v) is 4.48. The Labute approximate surface area is 203 Å². The van der Waals surface area contributed by atoms with Crippen LogP contribution in [0.3, 0.4) is 0 Å². The molecule has 1 saturated heterocycles. The van der Waals surface area contributed by atoms with Crippen LogP contribution in [0, 0.1) is 5.82 Å². The van der Waals surface area contributed by atoms with Gasteiger partial charge in [-0.25, -0.2) is 9.07 Å². The molecule has 2 aromatic heterocycles. The molecule has 1 amide bonds. The fourth-order valence-electron chi connectivity index (χ4n) is 4.48. The molecule has 2 aromatic carbocycles. The molecule has 180 valence electrons. The second kappa shape index (κ2) is 10.1. The molecule has 1 aliphatic heterocycles. The number of hydrogen-bond donors (Lipinski definition) is 1. The number of likely N-dealkylation sites (tertiary alicyclic amines) is 1. The summed E-state index contributed by atoms with van der Waals surface area (Å²) < 4.78 is 26.1. The number of nitrogens with one attached hydrogen (secondary N) is 1. The van der Waals surface area contributed by atoms with Crippen molar-refractivity contribution in [1.29, 1.82) is 0 Å². The van der Waals surface area contributed by atoms with Gasteiger partial charge in [0.2, 0.25) is 0 Å². The number of aromatic nitrogens is 2. The van der Waals surface area contributed by atoms with Crippen molar-refractivity contribution in [3.8, 4) is 22.7 Å². The normalized spacial score (nSPS) is 14.7. The highest BCUT2D eigenvalue weighted by Crippen LogP contribution is 2.28.